The molecule has 3 heteroatoms. The Hall–Kier alpha value is -1.90. The Balaban J connectivity index is 2.30. The van der Waals surface area contributed by atoms with E-state index in [0.29, 0.717) is 0 Å². The normalized spacial score (nSPS) is 19.8. The van der Waals surface area contributed by atoms with Crippen molar-refractivity contribution in [2.45, 2.75) is 0 Å². The van der Waals surface area contributed by atoms with Gasteiger partial charge in [0.2, 0.25) is 12.4 Å². The molecule has 0 bridgehead atoms. The summed E-state index contributed by atoms with van der Waals surface area (Å²) in [6.45, 7) is 0. The van der Waals surface area contributed by atoms with Gasteiger partial charge in [0.25, 0.3) is 0 Å². The van der Waals surface area contributed by atoms with E-state index in [9.17, 15) is 4.91 Å². The summed E-state index contributed by atoms with van der Waals surface area (Å²) >= 11 is 0. The summed E-state index contributed by atoms with van der Waals surface area (Å²) in [5, 5.41) is 0. The van der Waals surface area contributed by atoms with Gasteiger partial charge in [-0.2, -0.15) is 0 Å². The van der Waals surface area contributed by atoms with Crippen molar-refractivity contribution in [1.29, 1.82) is 0 Å². The summed E-state index contributed by atoms with van der Waals surface area (Å²) in [6, 6.07) is 0. The Morgan fingerprint density at radius 1 is 1.00 bits per heavy atom. The number of allylic oxidation sites excluding steroid dienone is 6. The molecule has 2 aliphatic heterocycles. The van der Waals surface area contributed by atoms with E-state index < -0.39 is 0 Å². The lowest BCUT2D eigenvalue weighted by atomic mass is 10.1. The van der Waals surface area contributed by atoms with Gasteiger partial charge in [-0.3, -0.25) is 0 Å². The van der Waals surface area contributed by atoms with E-state index in [1.165, 1.54) is 12.4 Å². The van der Waals surface area contributed by atoms with Gasteiger partial charge in [-0.05, 0) is 23.3 Å². The number of nitroso groups, excluding NO2 is 1. The highest BCUT2D eigenvalue weighted by Crippen LogP contribution is 2.17. The van der Waals surface area contributed by atoms with Gasteiger partial charge in [-0.25, -0.2) is 0 Å². The topological polar surface area (TPSA) is 23.3 Å². The molecule has 0 aromatic heterocycles. The molecule has 0 fully saturated rings. The molecule has 0 aromatic rings. The van der Waals surface area contributed by atoms with Gasteiger partial charge >= 0.3 is 0 Å². The third-order valence-electron chi connectivity index (χ3n) is 2.11. The zero-order valence-electron chi connectivity index (χ0n) is 7.92. The highest BCUT2D eigenvalue weighted by molar-refractivity contribution is 5.47. The molecule has 0 aromatic carbocycles. The summed E-state index contributed by atoms with van der Waals surface area (Å²) < 4.78 is 0.784. The molecule has 0 unspecified atom stereocenters. The average molecular weight is 187 g/mol. The second kappa shape index (κ2) is 3.46. The molecule has 0 saturated carbocycles. The third-order valence-corrected chi connectivity index (χ3v) is 2.11. The Kier molecular flexibility index (Phi) is 2.14. The maximum Gasteiger partial charge on any atom is 0.228 e. The minimum absolute atomic E-state index is 0.784. The predicted octanol–water partition coefficient (Wildman–Crippen LogP) is 2.08. The zero-order valence-corrected chi connectivity index (χ0v) is 7.92. The Morgan fingerprint density at radius 3 is 2.07 bits per heavy atom. The molecule has 0 spiro atoms. The minimum Gasteiger partial charge on any atom is -0.357 e. The van der Waals surface area contributed by atoms with E-state index >= 15 is 0 Å². The lowest BCUT2D eigenvalue weighted by Gasteiger charge is -2.13. The molecule has 0 aliphatic carbocycles. The molecule has 2 heterocycles. The SMILES string of the molecule is CN1C=CC(=C2C=C[N+](=O)C=C2)C=C1. The van der Waals surface area contributed by atoms with Gasteiger partial charge in [-0.15, -0.1) is 0 Å². The second-order valence-electron chi connectivity index (χ2n) is 3.20. The molecule has 2 rings (SSSR count). The van der Waals surface area contributed by atoms with Crippen LogP contribution in [0.15, 0.2) is 60.3 Å². The standard InChI is InChI=1S/C11H11N2O/c1-12-6-2-10(3-7-12)11-4-8-13(14)9-5-11/h2-9H,1H3/q+1. The van der Waals surface area contributed by atoms with Gasteiger partial charge in [-0.1, -0.05) is 0 Å². The summed E-state index contributed by atoms with van der Waals surface area (Å²) in [4.78, 5) is 12.8. The van der Waals surface area contributed by atoms with Crippen LogP contribution in [-0.2, 0) is 0 Å². The van der Waals surface area contributed by atoms with Crippen LogP contribution < -0.4 is 0 Å². The first-order chi connectivity index (χ1) is 6.75. The van der Waals surface area contributed by atoms with E-state index in [4.69, 9.17) is 0 Å². The first-order valence-corrected chi connectivity index (χ1v) is 4.40. The Bertz CT molecular complexity index is 377. The Morgan fingerprint density at radius 2 is 1.50 bits per heavy atom. The first kappa shape index (κ1) is 8.69. The molecule has 14 heavy (non-hydrogen) atoms. The molecular weight excluding hydrogens is 176 g/mol. The fourth-order valence-corrected chi connectivity index (χ4v) is 1.30. The van der Waals surface area contributed by atoms with Crippen molar-refractivity contribution in [2.75, 3.05) is 7.05 Å². The minimum atomic E-state index is 0.784. The van der Waals surface area contributed by atoms with Crippen molar-refractivity contribution in [3.8, 4) is 0 Å². The summed E-state index contributed by atoms with van der Waals surface area (Å²) in [7, 11) is 1.97. The van der Waals surface area contributed by atoms with Crippen molar-refractivity contribution in [1.82, 2.24) is 4.90 Å². The second-order valence-corrected chi connectivity index (χ2v) is 3.20. The predicted molar refractivity (Wildman–Crippen MR) is 55.0 cm³/mol. The fraction of sp³-hybridized carbons (Fsp3) is 0.0909. The van der Waals surface area contributed by atoms with Gasteiger partial charge < -0.3 is 4.90 Å². The van der Waals surface area contributed by atoms with Crippen LogP contribution in [-0.4, -0.2) is 16.7 Å². The van der Waals surface area contributed by atoms with E-state index in [0.717, 1.165) is 15.9 Å². The maximum absolute atomic E-state index is 10.8. The van der Waals surface area contributed by atoms with E-state index in [1.807, 2.05) is 48.7 Å². The van der Waals surface area contributed by atoms with Crippen LogP contribution in [0.25, 0.3) is 0 Å². The van der Waals surface area contributed by atoms with Crippen LogP contribution >= 0.6 is 0 Å². The number of hydrogen-bond donors (Lipinski definition) is 0. The van der Waals surface area contributed by atoms with Crippen molar-refractivity contribution in [2.24, 2.45) is 0 Å². The lowest BCUT2D eigenvalue weighted by molar-refractivity contribution is -0.403. The van der Waals surface area contributed by atoms with Crippen LogP contribution in [0.3, 0.4) is 0 Å². The van der Waals surface area contributed by atoms with Crippen LogP contribution in [0.1, 0.15) is 0 Å². The molecule has 0 saturated heterocycles. The quantitative estimate of drug-likeness (QED) is 0.542. The van der Waals surface area contributed by atoms with Gasteiger partial charge in [0.15, 0.2) is 0 Å². The van der Waals surface area contributed by atoms with E-state index in [1.54, 1.807) is 0 Å². The van der Waals surface area contributed by atoms with Crippen LogP contribution in [0.4, 0.5) is 0 Å². The third kappa shape index (κ3) is 1.71. The Labute approximate surface area is 82.6 Å². The summed E-state index contributed by atoms with van der Waals surface area (Å²) in [5.41, 5.74) is 2.17. The lowest BCUT2D eigenvalue weighted by Crippen LogP contribution is -2.04. The van der Waals surface area contributed by atoms with Crippen LogP contribution in [0, 0.1) is 4.91 Å². The van der Waals surface area contributed by atoms with Crippen LogP contribution in [0.2, 0.25) is 0 Å². The molecular formula is C11H11N2O+. The molecule has 70 valence electrons. The summed E-state index contributed by atoms with van der Waals surface area (Å²) in [6.07, 6.45) is 14.6. The van der Waals surface area contributed by atoms with E-state index in [2.05, 4.69) is 0 Å². The maximum atomic E-state index is 10.8. The number of rotatable bonds is 0. The average Bonchev–Trinajstić information content (AvgIpc) is 2.21. The van der Waals surface area contributed by atoms with Gasteiger partial charge in [0.1, 0.15) is 0 Å². The zero-order chi connectivity index (χ0) is 9.97. The molecule has 0 amide bonds. The molecule has 2 aliphatic rings. The van der Waals surface area contributed by atoms with Crippen molar-refractivity contribution in [3.63, 3.8) is 0 Å². The summed E-state index contributed by atoms with van der Waals surface area (Å²) in [5.74, 6) is 0. The van der Waals surface area contributed by atoms with Gasteiger partial charge in [0.05, 0.1) is 4.76 Å². The number of hydrogen-bond acceptors (Lipinski definition) is 2. The molecule has 0 N–H and O–H groups in total. The monoisotopic (exact) mass is 187 g/mol. The van der Waals surface area contributed by atoms with Crippen molar-refractivity contribution in [3.05, 3.63) is 65.2 Å². The molecule has 0 radical (unpaired) electrons. The molecule has 3 nitrogen and oxygen atoms in total. The van der Waals surface area contributed by atoms with Crippen molar-refractivity contribution < 1.29 is 4.76 Å². The van der Waals surface area contributed by atoms with Gasteiger partial charge in [0, 0.05) is 36.5 Å². The highest BCUT2D eigenvalue weighted by atomic mass is 16.3. The molecule has 0 atom stereocenters. The van der Waals surface area contributed by atoms with E-state index in [-0.39, 0.29) is 0 Å². The highest BCUT2D eigenvalue weighted by Gasteiger charge is 2.08. The van der Waals surface area contributed by atoms with Crippen LogP contribution in [0.5, 0.6) is 0 Å². The van der Waals surface area contributed by atoms with Crippen molar-refractivity contribution >= 4 is 0 Å². The first-order valence-electron chi connectivity index (χ1n) is 4.40. The fourth-order valence-electron chi connectivity index (χ4n) is 1.30. The number of nitrogens with zero attached hydrogens (tertiary/aromatic N) is 2. The smallest absolute Gasteiger partial charge is 0.228 e. The largest absolute Gasteiger partial charge is 0.357 e.